The maximum Gasteiger partial charge on any atom is 0.374 e. The van der Waals surface area contributed by atoms with Crippen LogP contribution in [0.2, 0.25) is 0 Å². The average Bonchev–Trinajstić information content (AvgIpc) is 3.20. The lowest BCUT2D eigenvalue weighted by Crippen LogP contribution is -2.19. The number of halogens is 1. The molecule has 0 fully saturated rings. The molecule has 1 heterocycles. The highest BCUT2D eigenvalue weighted by Crippen LogP contribution is 2.22. The van der Waals surface area contributed by atoms with E-state index in [-0.39, 0.29) is 16.9 Å². The average molecular weight is 443 g/mol. The molecule has 0 saturated heterocycles. The number of aromatic nitrogens is 1. The van der Waals surface area contributed by atoms with Crippen LogP contribution < -0.4 is 0 Å². The van der Waals surface area contributed by atoms with Gasteiger partial charge in [-0.05, 0) is 41.8 Å². The number of ether oxygens (including phenoxy) is 1. The fraction of sp³-hybridized carbons (Fsp3) is 0.136. The van der Waals surface area contributed by atoms with Crippen molar-refractivity contribution in [2.24, 2.45) is 0 Å². The number of carbonyl (C=O) groups excluding carboxylic acids is 3. The van der Waals surface area contributed by atoms with Crippen LogP contribution in [0, 0.1) is 5.82 Å². The summed E-state index contributed by atoms with van der Waals surface area (Å²) in [5, 5.41) is 0. The van der Waals surface area contributed by atoms with Gasteiger partial charge in [-0.1, -0.05) is 30.3 Å². The summed E-state index contributed by atoms with van der Waals surface area (Å²) in [5.41, 5.74) is 0.916. The van der Waals surface area contributed by atoms with Gasteiger partial charge in [0.1, 0.15) is 5.82 Å². The second kappa shape index (κ2) is 9.05. The molecule has 0 aliphatic heterocycles. The Balaban J connectivity index is 2.02. The zero-order valence-corrected chi connectivity index (χ0v) is 17.3. The zero-order valence-electron chi connectivity index (χ0n) is 16.4. The third-order valence-electron chi connectivity index (χ3n) is 4.55. The number of rotatable bonds is 8. The van der Waals surface area contributed by atoms with E-state index in [1.807, 2.05) is 0 Å². The van der Waals surface area contributed by atoms with Crippen LogP contribution in [-0.2, 0) is 30.8 Å². The lowest BCUT2D eigenvalue weighted by molar-refractivity contribution is -0.151. The molecule has 0 radical (unpaired) electrons. The van der Waals surface area contributed by atoms with E-state index in [0.717, 1.165) is 17.3 Å². The van der Waals surface area contributed by atoms with E-state index in [1.165, 1.54) is 42.6 Å². The van der Waals surface area contributed by atoms with Crippen LogP contribution in [0.1, 0.15) is 27.9 Å². The van der Waals surface area contributed by atoms with Gasteiger partial charge in [-0.3, -0.25) is 9.59 Å². The summed E-state index contributed by atoms with van der Waals surface area (Å²) >= 11 is 0. The van der Waals surface area contributed by atoms with Crippen LogP contribution in [0.15, 0.2) is 71.9 Å². The number of nitrogens with zero attached hydrogens (tertiary/aromatic N) is 1. The van der Waals surface area contributed by atoms with E-state index < -0.39 is 39.8 Å². The molecule has 0 atom stereocenters. The van der Waals surface area contributed by atoms with Crippen LogP contribution >= 0.6 is 0 Å². The molecule has 0 spiro atoms. The summed E-state index contributed by atoms with van der Waals surface area (Å²) in [4.78, 5) is 35.9. The van der Waals surface area contributed by atoms with Crippen molar-refractivity contribution in [3.05, 3.63) is 89.5 Å². The van der Waals surface area contributed by atoms with Crippen molar-refractivity contribution < 1.29 is 31.9 Å². The Labute approximate surface area is 178 Å². The fourth-order valence-corrected chi connectivity index (χ4v) is 4.22. The molecule has 9 heteroatoms. The lowest BCUT2D eigenvalue weighted by Gasteiger charge is -2.05. The summed E-state index contributed by atoms with van der Waals surface area (Å²) in [5.74, 6) is -3.37. The van der Waals surface area contributed by atoms with E-state index >= 15 is 0 Å². The summed E-state index contributed by atoms with van der Waals surface area (Å²) < 4.78 is 44.4. The molecule has 160 valence electrons. The van der Waals surface area contributed by atoms with Gasteiger partial charge in [0, 0.05) is 18.0 Å². The minimum absolute atomic E-state index is 0.0166. The van der Waals surface area contributed by atoms with Crippen molar-refractivity contribution in [1.82, 2.24) is 3.97 Å². The Morgan fingerprint density at radius 3 is 2.23 bits per heavy atom. The van der Waals surface area contributed by atoms with E-state index in [2.05, 4.69) is 4.74 Å². The Bertz CT molecular complexity index is 1230. The molecule has 0 unspecified atom stereocenters. The molecule has 1 aromatic heterocycles. The Morgan fingerprint density at radius 1 is 0.968 bits per heavy atom. The first-order valence-electron chi connectivity index (χ1n) is 9.12. The van der Waals surface area contributed by atoms with E-state index in [0.29, 0.717) is 11.1 Å². The second-order valence-electron chi connectivity index (χ2n) is 6.66. The number of Topliss-reactive ketones (excluding diaryl/α,β-unsaturated/α-hetero) is 2. The van der Waals surface area contributed by atoms with Crippen LogP contribution in [0.4, 0.5) is 4.39 Å². The number of ketones is 2. The molecule has 0 N–H and O–H groups in total. The summed E-state index contributed by atoms with van der Waals surface area (Å²) in [6, 6.07) is 13.1. The van der Waals surface area contributed by atoms with Crippen molar-refractivity contribution in [2.75, 3.05) is 7.11 Å². The van der Waals surface area contributed by atoms with Gasteiger partial charge in [-0.2, -0.15) is 0 Å². The zero-order chi connectivity index (χ0) is 22.6. The second-order valence-corrected chi connectivity index (χ2v) is 8.51. The summed E-state index contributed by atoms with van der Waals surface area (Å²) in [6.45, 7) is 0. The fourth-order valence-electron chi connectivity index (χ4n) is 2.96. The highest BCUT2D eigenvalue weighted by atomic mass is 32.2. The van der Waals surface area contributed by atoms with E-state index in [1.54, 1.807) is 18.2 Å². The summed E-state index contributed by atoms with van der Waals surface area (Å²) in [6.07, 6.45) is 1.75. The molecular weight excluding hydrogens is 425 g/mol. The molecule has 3 rings (SSSR count). The van der Waals surface area contributed by atoms with Crippen molar-refractivity contribution in [1.29, 1.82) is 0 Å². The summed E-state index contributed by atoms with van der Waals surface area (Å²) in [7, 11) is -2.97. The van der Waals surface area contributed by atoms with Gasteiger partial charge < -0.3 is 4.74 Å². The molecule has 0 saturated carbocycles. The molecule has 0 aliphatic carbocycles. The molecule has 31 heavy (non-hydrogen) atoms. The van der Waals surface area contributed by atoms with Crippen LogP contribution in [0.25, 0.3) is 0 Å². The number of methoxy groups -OCH3 is 1. The maximum atomic E-state index is 13.2. The molecule has 2 aromatic carbocycles. The number of hydrogen-bond donors (Lipinski definition) is 0. The van der Waals surface area contributed by atoms with Gasteiger partial charge in [-0.25, -0.2) is 21.6 Å². The first kappa shape index (κ1) is 22.1. The van der Waals surface area contributed by atoms with Crippen molar-refractivity contribution >= 4 is 27.6 Å². The third kappa shape index (κ3) is 4.95. The van der Waals surface area contributed by atoms with Crippen LogP contribution in [-0.4, -0.2) is 37.0 Å². The normalized spacial score (nSPS) is 11.2. The van der Waals surface area contributed by atoms with Gasteiger partial charge in [-0.15, -0.1) is 0 Å². The monoisotopic (exact) mass is 443 g/mol. The smallest absolute Gasteiger partial charge is 0.374 e. The minimum Gasteiger partial charge on any atom is -0.463 e. The highest BCUT2D eigenvalue weighted by molar-refractivity contribution is 7.90. The topological polar surface area (TPSA) is 99.5 Å². The van der Waals surface area contributed by atoms with E-state index in [9.17, 15) is 27.2 Å². The first-order valence-corrected chi connectivity index (χ1v) is 10.6. The molecule has 7 nitrogen and oxygen atoms in total. The van der Waals surface area contributed by atoms with Gasteiger partial charge in [0.15, 0.2) is 5.78 Å². The number of hydrogen-bond acceptors (Lipinski definition) is 6. The van der Waals surface area contributed by atoms with E-state index in [4.69, 9.17) is 0 Å². The number of esters is 1. The van der Waals surface area contributed by atoms with Crippen molar-refractivity contribution in [3.8, 4) is 0 Å². The number of carbonyl (C=O) groups is 3. The van der Waals surface area contributed by atoms with Crippen molar-refractivity contribution in [2.45, 2.75) is 17.7 Å². The van der Waals surface area contributed by atoms with Crippen LogP contribution in [0.5, 0.6) is 0 Å². The Hall–Kier alpha value is -3.59. The Morgan fingerprint density at radius 2 is 1.61 bits per heavy atom. The van der Waals surface area contributed by atoms with Crippen LogP contribution in [0.3, 0.4) is 0 Å². The third-order valence-corrected chi connectivity index (χ3v) is 6.18. The lowest BCUT2D eigenvalue weighted by atomic mass is 9.99. The SMILES string of the molecule is COC(=O)C(=O)CC(=O)c1cn(S(=O)(=O)c2ccccc2)cc1Cc1ccc(F)cc1. The predicted octanol–water partition coefficient (Wildman–Crippen LogP) is 2.77. The first-order chi connectivity index (χ1) is 14.7. The minimum atomic E-state index is -3.99. The molecule has 0 bridgehead atoms. The Kier molecular flexibility index (Phi) is 6.45. The standard InChI is InChI=1S/C22H18FNO6S/c1-30-22(27)21(26)12-20(25)19-14-24(31(28,29)18-5-3-2-4-6-18)13-16(19)11-15-7-9-17(23)10-8-15/h2-10,13-14H,11-12H2,1H3. The molecular formula is C22H18FNO6S. The highest BCUT2D eigenvalue weighted by Gasteiger charge is 2.25. The van der Waals surface area contributed by atoms with Crippen molar-refractivity contribution in [3.63, 3.8) is 0 Å². The molecule has 0 amide bonds. The van der Waals surface area contributed by atoms with Gasteiger partial charge in [0.25, 0.3) is 10.0 Å². The molecule has 3 aromatic rings. The van der Waals surface area contributed by atoms with Gasteiger partial charge in [0.05, 0.1) is 18.4 Å². The largest absolute Gasteiger partial charge is 0.463 e. The van der Waals surface area contributed by atoms with Gasteiger partial charge in [0.2, 0.25) is 5.78 Å². The quantitative estimate of drug-likeness (QED) is 0.230. The predicted molar refractivity (Wildman–Crippen MR) is 109 cm³/mol. The number of benzene rings is 2. The molecule has 0 aliphatic rings. The van der Waals surface area contributed by atoms with Gasteiger partial charge >= 0.3 is 5.97 Å². The maximum absolute atomic E-state index is 13.2.